The van der Waals surface area contributed by atoms with Crippen molar-refractivity contribution in [2.75, 3.05) is 5.33 Å². The molecule has 1 atom stereocenters. The predicted molar refractivity (Wildman–Crippen MR) is 79.2 cm³/mol. The van der Waals surface area contributed by atoms with Crippen LogP contribution in [0.2, 0.25) is 0 Å². The molecule has 3 heteroatoms. The molecule has 1 aromatic carbocycles. The molecule has 0 N–H and O–H groups in total. The third-order valence-electron chi connectivity index (χ3n) is 3.37. The van der Waals surface area contributed by atoms with E-state index >= 15 is 0 Å². The average Bonchev–Trinajstić information content (AvgIpc) is 2.78. The number of rotatable bonds is 5. The van der Waals surface area contributed by atoms with Gasteiger partial charge in [0, 0.05) is 31.2 Å². The smallest absolute Gasteiger partial charge is 0.108 e. The molecule has 1 aromatic heterocycles. The Kier molecular flexibility index (Phi) is 4.59. The second kappa shape index (κ2) is 6.19. The summed E-state index contributed by atoms with van der Waals surface area (Å²) in [5.41, 5.74) is 2.72. The Morgan fingerprint density at radius 3 is 2.56 bits per heavy atom. The van der Waals surface area contributed by atoms with E-state index in [9.17, 15) is 0 Å². The molecule has 2 nitrogen and oxygen atoms in total. The fraction of sp³-hybridized carbons (Fsp3) is 0.400. The van der Waals surface area contributed by atoms with Gasteiger partial charge >= 0.3 is 0 Å². The highest BCUT2D eigenvalue weighted by molar-refractivity contribution is 9.09. The Labute approximate surface area is 117 Å². The Hall–Kier alpha value is -1.09. The molecule has 0 aliphatic rings. The van der Waals surface area contributed by atoms with E-state index in [1.54, 1.807) is 0 Å². The van der Waals surface area contributed by atoms with E-state index in [1.165, 1.54) is 11.1 Å². The van der Waals surface area contributed by atoms with Crippen molar-refractivity contribution in [3.8, 4) is 0 Å². The molecule has 0 amide bonds. The maximum atomic E-state index is 4.38. The molecule has 0 fully saturated rings. The van der Waals surface area contributed by atoms with Gasteiger partial charge in [-0.1, -0.05) is 45.8 Å². The monoisotopic (exact) mass is 306 g/mol. The molecule has 0 saturated heterocycles. The van der Waals surface area contributed by atoms with Gasteiger partial charge in [0.25, 0.3) is 0 Å². The van der Waals surface area contributed by atoms with E-state index in [-0.39, 0.29) is 0 Å². The first-order chi connectivity index (χ1) is 8.70. The van der Waals surface area contributed by atoms with Crippen molar-refractivity contribution in [2.45, 2.75) is 25.7 Å². The number of imidazole rings is 1. The van der Waals surface area contributed by atoms with Crippen molar-refractivity contribution < 1.29 is 0 Å². The minimum atomic E-state index is 0.558. The highest BCUT2D eigenvalue weighted by Gasteiger charge is 2.11. The molecule has 96 valence electrons. The number of alkyl halides is 1. The van der Waals surface area contributed by atoms with Crippen LogP contribution in [0.3, 0.4) is 0 Å². The number of nitrogens with zero attached hydrogens (tertiary/aromatic N) is 2. The SMILES string of the molecule is Cc1ccc(C(CBr)CCc2nccn2C)cc1. The molecule has 0 spiro atoms. The number of halogens is 1. The quantitative estimate of drug-likeness (QED) is 0.767. The molecule has 2 rings (SSSR count). The molecule has 0 radical (unpaired) electrons. The van der Waals surface area contributed by atoms with Crippen molar-refractivity contribution >= 4 is 15.9 Å². The van der Waals surface area contributed by atoms with Gasteiger partial charge in [0.1, 0.15) is 5.82 Å². The van der Waals surface area contributed by atoms with Crippen LogP contribution >= 0.6 is 15.9 Å². The molecular formula is C15H19BrN2. The van der Waals surface area contributed by atoms with E-state index < -0.39 is 0 Å². The lowest BCUT2D eigenvalue weighted by Gasteiger charge is -2.14. The number of hydrogen-bond acceptors (Lipinski definition) is 1. The summed E-state index contributed by atoms with van der Waals surface area (Å²) < 4.78 is 2.10. The van der Waals surface area contributed by atoms with Crippen molar-refractivity contribution in [3.63, 3.8) is 0 Å². The van der Waals surface area contributed by atoms with Gasteiger partial charge in [0.2, 0.25) is 0 Å². The van der Waals surface area contributed by atoms with E-state index in [0.717, 1.165) is 24.0 Å². The predicted octanol–water partition coefficient (Wildman–Crippen LogP) is 3.84. The summed E-state index contributed by atoms with van der Waals surface area (Å²) in [6.07, 6.45) is 6.02. The summed E-state index contributed by atoms with van der Waals surface area (Å²) in [4.78, 5) is 4.38. The van der Waals surface area contributed by atoms with Crippen LogP contribution in [0.15, 0.2) is 36.7 Å². The fourth-order valence-corrected chi connectivity index (χ4v) is 2.81. The van der Waals surface area contributed by atoms with Crippen molar-refractivity contribution in [3.05, 3.63) is 53.6 Å². The molecule has 18 heavy (non-hydrogen) atoms. The Morgan fingerprint density at radius 1 is 1.28 bits per heavy atom. The van der Waals surface area contributed by atoms with Gasteiger partial charge in [-0.2, -0.15) is 0 Å². The zero-order valence-corrected chi connectivity index (χ0v) is 12.5. The molecule has 0 saturated carbocycles. The highest BCUT2D eigenvalue weighted by Crippen LogP contribution is 2.23. The summed E-state index contributed by atoms with van der Waals surface area (Å²) in [7, 11) is 2.05. The lowest BCUT2D eigenvalue weighted by molar-refractivity contribution is 0.650. The first kappa shape index (κ1) is 13.3. The van der Waals surface area contributed by atoms with E-state index in [0.29, 0.717) is 5.92 Å². The third-order valence-corrected chi connectivity index (χ3v) is 4.15. The largest absolute Gasteiger partial charge is 0.338 e. The van der Waals surface area contributed by atoms with Crippen molar-refractivity contribution in [1.82, 2.24) is 9.55 Å². The van der Waals surface area contributed by atoms with Crippen LogP contribution in [-0.4, -0.2) is 14.9 Å². The molecule has 1 unspecified atom stereocenters. The van der Waals surface area contributed by atoms with Crippen LogP contribution in [-0.2, 0) is 13.5 Å². The first-order valence-corrected chi connectivity index (χ1v) is 7.41. The third kappa shape index (κ3) is 3.22. The number of hydrogen-bond donors (Lipinski definition) is 0. The summed E-state index contributed by atoms with van der Waals surface area (Å²) >= 11 is 3.63. The van der Waals surface area contributed by atoms with Crippen LogP contribution in [0.4, 0.5) is 0 Å². The van der Waals surface area contributed by atoms with Gasteiger partial charge in [-0.15, -0.1) is 0 Å². The second-order valence-corrected chi connectivity index (χ2v) is 5.40. The minimum Gasteiger partial charge on any atom is -0.338 e. The topological polar surface area (TPSA) is 17.8 Å². The standard InChI is InChI=1S/C15H19BrN2/c1-12-3-5-13(6-4-12)14(11-16)7-8-15-17-9-10-18(15)2/h3-6,9-10,14H,7-8,11H2,1-2H3. The molecule has 2 aromatic rings. The molecular weight excluding hydrogens is 288 g/mol. The molecule has 0 bridgehead atoms. The lowest BCUT2D eigenvalue weighted by Crippen LogP contribution is -2.05. The van der Waals surface area contributed by atoms with Gasteiger partial charge in [0.15, 0.2) is 0 Å². The molecule has 1 heterocycles. The second-order valence-electron chi connectivity index (χ2n) is 4.75. The fourth-order valence-electron chi connectivity index (χ4n) is 2.11. The number of aryl methyl sites for hydroxylation is 3. The van der Waals surface area contributed by atoms with Gasteiger partial charge in [-0.3, -0.25) is 0 Å². The maximum absolute atomic E-state index is 4.38. The van der Waals surface area contributed by atoms with Crippen molar-refractivity contribution in [1.29, 1.82) is 0 Å². The van der Waals surface area contributed by atoms with Crippen LogP contribution < -0.4 is 0 Å². The van der Waals surface area contributed by atoms with Crippen molar-refractivity contribution in [2.24, 2.45) is 7.05 Å². The number of aromatic nitrogens is 2. The summed E-state index contributed by atoms with van der Waals surface area (Å²) in [6, 6.07) is 8.84. The molecule has 0 aliphatic heterocycles. The van der Waals surface area contributed by atoms with E-state index in [2.05, 4.69) is 63.7 Å². The van der Waals surface area contributed by atoms with E-state index in [4.69, 9.17) is 0 Å². The normalized spacial score (nSPS) is 12.6. The summed E-state index contributed by atoms with van der Waals surface area (Å²) in [5, 5.41) is 1.00. The maximum Gasteiger partial charge on any atom is 0.108 e. The van der Waals surface area contributed by atoms with E-state index in [1.807, 2.05) is 12.4 Å². The number of benzene rings is 1. The lowest BCUT2D eigenvalue weighted by atomic mass is 9.95. The Balaban J connectivity index is 2.01. The zero-order chi connectivity index (χ0) is 13.0. The van der Waals surface area contributed by atoms with Crippen LogP contribution in [0.1, 0.15) is 29.3 Å². The minimum absolute atomic E-state index is 0.558. The van der Waals surface area contributed by atoms with Gasteiger partial charge < -0.3 is 4.57 Å². The Bertz CT molecular complexity index is 487. The van der Waals surface area contributed by atoms with Crippen LogP contribution in [0.25, 0.3) is 0 Å². The van der Waals surface area contributed by atoms with Gasteiger partial charge in [-0.25, -0.2) is 4.98 Å². The summed E-state index contributed by atoms with van der Waals surface area (Å²) in [5.74, 6) is 1.72. The zero-order valence-electron chi connectivity index (χ0n) is 10.9. The van der Waals surface area contributed by atoms with Crippen LogP contribution in [0, 0.1) is 6.92 Å². The van der Waals surface area contributed by atoms with Gasteiger partial charge in [-0.05, 0) is 24.8 Å². The van der Waals surface area contributed by atoms with Gasteiger partial charge in [0.05, 0.1) is 0 Å². The summed E-state index contributed by atoms with van der Waals surface area (Å²) in [6.45, 7) is 2.13. The Morgan fingerprint density at radius 2 is 2.00 bits per heavy atom. The van der Waals surface area contributed by atoms with Crippen LogP contribution in [0.5, 0.6) is 0 Å². The highest BCUT2D eigenvalue weighted by atomic mass is 79.9. The molecule has 0 aliphatic carbocycles. The average molecular weight is 307 g/mol. The first-order valence-electron chi connectivity index (χ1n) is 6.29.